The number of fused-ring (bicyclic) bond motifs is 5. The molecule has 2 saturated carbocycles. The van der Waals surface area contributed by atoms with E-state index in [0.29, 0.717) is 48.2 Å². The minimum Gasteiger partial charge on any atom is -0.507 e. The quantitative estimate of drug-likeness (QED) is 0.265. The smallest absolute Gasteiger partial charge is 0.293 e. The van der Waals surface area contributed by atoms with E-state index in [1.807, 2.05) is 34.6 Å². The van der Waals surface area contributed by atoms with Gasteiger partial charge in [0.25, 0.3) is 6.47 Å². The second-order valence-electron chi connectivity index (χ2n) is 15.4. The van der Waals surface area contributed by atoms with Crippen LogP contribution in [-0.2, 0) is 25.5 Å². The number of carbonyl (C=O) groups excluding carboxylic acids is 3. The molecule has 1 spiro atoms. The zero-order valence-corrected chi connectivity index (χ0v) is 27.8. The molecular formula is C38H44O8. The summed E-state index contributed by atoms with van der Waals surface area (Å²) in [6.07, 6.45) is 9.74. The molecule has 0 radical (unpaired) electrons. The number of carbonyl (C=O) groups is 3. The Kier molecular flexibility index (Phi) is 6.68. The SMILES string of the molecule is C=C(C)[C@@H]1CC[C@@]2(C)CC1c1c(O)c3c(c(CC=C(C)C)c1O2)O[C@]12C(=C[C@@H]4CC1C(C)(C)O[C@]2(/C=C/C(C)OC=O)C4=O)C3=O. The van der Waals surface area contributed by atoms with Crippen molar-refractivity contribution in [3.8, 4) is 17.2 Å². The van der Waals surface area contributed by atoms with Gasteiger partial charge in [-0.3, -0.25) is 14.4 Å². The van der Waals surface area contributed by atoms with Crippen molar-refractivity contribution in [1.29, 1.82) is 0 Å². The van der Waals surface area contributed by atoms with Gasteiger partial charge in [-0.2, -0.15) is 0 Å². The predicted molar refractivity (Wildman–Crippen MR) is 171 cm³/mol. The van der Waals surface area contributed by atoms with Crippen molar-refractivity contribution in [1.82, 2.24) is 0 Å². The average molecular weight is 629 g/mol. The Balaban J connectivity index is 1.52. The highest BCUT2D eigenvalue weighted by atomic mass is 16.6. The van der Waals surface area contributed by atoms with E-state index < -0.39 is 34.4 Å². The summed E-state index contributed by atoms with van der Waals surface area (Å²) in [7, 11) is 0. The van der Waals surface area contributed by atoms with Gasteiger partial charge in [0.1, 0.15) is 34.5 Å². The van der Waals surface area contributed by atoms with Crippen LogP contribution in [0, 0.1) is 17.8 Å². The van der Waals surface area contributed by atoms with Crippen LogP contribution in [0.1, 0.15) is 102 Å². The molecule has 1 aromatic carbocycles. The minimum absolute atomic E-state index is 0.0650. The lowest BCUT2D eigenvalue weighted by molar-refractivity contribution is -0.160. The van der Waals surface area contributed by atoms with Gasteiger partial charge in [-0.1, -0.05) is 29.9 Å². The fraction of sp³-hybridized carbons (Fsp3) is 0.553. The van der Waals surface area contributed by atoms with E-state index in [2.05, 4.69) is 19.6 Å². The molecule has 1 saturated heterocycles. The lowest BCUT2D eigenvalue weighted by Crippen LogP contribution is -2.71. The molecule has 8 nitrogen and oxygen atoms in total. The summed E-state index contributed by atoms with van der Waals surface area (Å²) in [6.45, 7) is 18.4. The van der Waals surface area contributed by atoms with E-state index in [1.165, 1.54) is 0 Å². The van der Waals surface area contributed by atoms with Gasteiger partial charge in [-0.15, -0.1) is 0 Å². The summed E-state index contributed by atoms with van der Waals surface area (Å²) in [6, 6.07) is 0. The Morgan fingerprint density at radius 2 is 1.91 bits per heavy atom. The zero-order chi connectivity index (χ0) is 33.1. The molecule has 8 atom stereocenters. The van der Waals surface area contributed by atoms with Crippen molar-refractivity contribution in [3.63, 3.8) is 0 Å². The largest absolute Gasteiger partial charge is 0.507 e. The van der Waals surface area contributed by atoms with E-state index >= 15 is 0 Å². The number of ether oxygens (including phenoxy) is 4. The fourth-order valence-corrected chi connectivity index (χ4v) is 9.52. The third kappa shape index (κ3) is 3.91. The van der Waals surface area contributed by atoms with Gasteiger partial charge in [0.2, 0.25) is 0 Å². The van der Waals surface area contributed by atoms with Crippen LogP contribution in [0.2, 0.25) is 0 Å². The van der Waals surface area contributed by atoms with Crippen LogP contribution < -0.4 is 9.47 Å². The maximum Gasteiger partial charge on any atom is 0.293 e. The van der Waals surface area contributed by atoms with Crippen molar-refractivity contribution in [3.05, 3.63) is 64.3 Å². The van der Waals surface area contributed by atoms with Gasteiger partial charge in [0.05, 0.1) is 5.60 Å². The number of hydrogen-bond acceptors (Lipinski definition) is 8. The molecule has 244 valence electrons. The fourth-order valence-electron chi connectivity index (χ4n) is 9.52. The van der Waals surface area contributed by atoms with Crippen LogP contribution in [0.5, 0.6) is 17.2 Å². The predicted octanol–water partition coefficient (Wildman–Crippen LogP) is 6.64. The van der Waals surface area contributed by atoms with Crippen LogP contribution in [0.3, 0.4) is 0 Å². The maximum atomic E-state index is 15.0. The van der Waals surface area contributed by atoms with E-state index in [-0.39, 0.29) is 46.4 Å². The van der Waals surface area contributed by atoms with Crippen molar-refractivity contribution in [2.24, 2.45) is 17.8 Å². The molecule has 0 aromatic heterocycles. The van der Waals surface area contributed by atoms with E-state index in [9.17, 15) is 19.5 Å². The van der Waals surface area contributed by atoms with E-state index in [4.69, 9.17) is 18.9 Å². The first-order chi connectivity index (χ1) is 21.6. The standard InChI is InChI=1S/C38H44O8/c1-19(2)9-10-24-32-28(25-17-36(8,44-32)13-12-23(25)20(3)4)31(41)29-30(40)26-15-22-16-27-35(6,7)46-37(34(22)42,14-11-21(5)43-18-39)38(26,27)45-33(24)29/h9,11,14-15,18,21-23,25,27,41H,3,10,12-13,16-17H2,1-2,4-8H3/b14-11+/t21?,22-,23+,25?,27?,36+,37-,38-/m1/s1. The summed E-state index contributed by atoms with van der Waals surface area (Å²) in [5, 5.41) is 12.2. The van der Waals surface area contributed by atoms with Gasteiger partial charge in [0, 0.05) is 34.5 Å². The lowest BCUT2D eigenvalue weighted by Gasteiger charge is -2.56. The van der Waals surface area contributed by atoms with E-state index in [0.717, 1.165) is 24.0 Å². The molecule has 7 aliphatic rings. The zero-order valence-electron chi connectivity index (χ0n) is 27.8. The molecule has 8 heteroatoms. The maximum absolute atomic E-state index is 15.0. The summed E-state index contributed by atoms with van der Waals surface area (Å²) in [4.78, 5) is 40.4. The first-order valence-electron chi connectivity index (χ1n) is 16.5. The molecule has 1 N–H and O–H groups in total. The highest BCUT2D eigenvalue weighted by molar-refractivity contribution is 6.19. The summed E-state index contributed by atoms with van der Waals surface area (Å²) < 4.78 is 25.9. The van der Waals surface area contributed by atoms with Crippen molar-refractivity contribution in [2.75, 3.05) is 0 Å². The van der Waals surface area contributed by atoms with Crippen LogP contribution in [0.4, 0.5) is 0 Å². The van der Waals surface area contributed by atoms with Crippen LogP contribution in [0.15, 0.2) is 47.6 Å². The summed E-state index contributed by atoms with van der Waals surface area (Å²) >= 11 is 0. The highest BCUT2D eigenvalue weighted by Crippen LogP contribution is 2.69. The number of aromatic hydroxyl groups is 1. The number of allylic oxidation sites excluding steroid dienone is 4. The normalized spacial score (nSPS) is 36.5. The molecule has 6 bridgehead atoms. The Morgan fingerprint density at radius 1 is 1.17 bits per heavy atom. The number of benzene rings is 1. The monoisotopic (exact) mass is 628 g/mol. The van der Waals surface area contributed by atoms with Crippen LogP contribution in [-0.4, -0.2) is 51.7 Å². The van der Waals surface area contributed by atoms with Gasteiger partial charge in [-0.25, -0.2) is 0 Å². The van der Waals surface area contributed by atoms with Crippen molar-refractivity contribution in [2.45, 2.75) is 115 Å². The second-order valence-corrected chi connectivity index (χ2v) is 15.4. The Hall–Kier alpha value is -3.65. The van der Waals surface area contributed by atoms with Crippen molar-refractivity contribution >= 4 is 18.0 Å². The third-order valence-corrected chi connectivity index (χ3v) is 11.6. The third-order valence-electron chi connectivity index (χ3n) is 11.6. The molecule has 3 heterocycles. The van der Waals surface area contributed by atoms with Gasteiger partial charge in [0.15, 0.2) is 22.8 Å². The second kappa shape index (κ2) is 9.93. The molecule has 3 unspecified atom stereocenters. The van der Waals surface area contributed by atoms with E-state index in [1.54, 1.807) is 25.2 Å². The molecule has 8 rings (SSSR count). The van der Waals surface area contributed by atoms with Crippen LogP contribution in [0.25, 0.3) is 0 Å². The van der Waals surface area contributed by atoms with Gasteiger partial charge >= 0.3 is 0 Å². The number of hydrogen-bond donors (Lipinski definition) is 1. The first kappa shape index (κ1) is 31.0. The Labute approximate surface area is 270 Å². The number of ketones is 2. The summed E-state index contributed by atoms with van der Waals surface area (Å²) in [5.74, 6) is -0.685. The molecule has 46 heavy (non-hydrogen) atoms. The Bertz CT molecular complexity index is 1690. The molecule has 4 aliphatic carbocycles. The first-order valence-corrected chi connectivity index (χ1v) is 16.5. The minimum atomic E-state index is -1.64. The molecule has 1 aromatic rings. The molecule has 3 fully saturated rings. The summed E-state index contributed by atoms with van der Waals surface area (Å²) in [5.41, 5.74) is -0.480. The number of phenolic OH excluding ortho intramolecular Hbond substituents is 1. The number of Topliss-reactive ketones (excluding diaryl/α,β-unsaturated/α-hetero) is 2. The Morgan fingerprint density at radius 3 is 2.59 bits per heavy atom. The van der Waals surface area contributed by atoms with Crippen molar-refractivity contribution < 1.29 is 38.4 Å². The van der Waals surface area contributed by atoms with Gasteiger partial charge in [-0.05, 0) is 98.6 Å². The lowest BCUT2D eigenvalue weighted by atomic mass is 9.51. The topological polar surface area (TPSA) is 108 Å². The van der Waals surface area contributed by atoms with Gasteiger partial charge < -0.3 is 24.1 Å². The number of rotatable bonds is 7. The average Bonchev–Trinajstić information content (AvgIpc) is 3.12. The highest BCUT2D eigenvalue weighted by Gasteiger charge is 2.81. The molecular weight excluding hydrogens is 584 g/mol. The molecule has 3 aliphatic heterocycles. The molecule has 0 amide bonds. The number of phenols is 1. The van der Waals surface area contributed by atoms with Crippen LogP contribution >= 0.6 is 0 Å².